The number of benzene rings is 1. The SMILES string of the molecule is O=C(c1ccc(Cc2c(C3CCC3)nn3ccccc23)cc1)N(O)C1CCOCC1. The second kappa shape index (κ2) is 8.20. The number of hydrogen-bond acceptors (Lipinski definition) is 4. The van der Waals surface area contributed by atoms with Gasteiger partial charge in [-0.05, 0) is 55.5 Å². The molecule has 2 aliphatic rings. The smallest absolute Gasteiger partial charge is 0.277 e. The van der Waals surface area contributed by atoms with E-state index in [1.807, 2.05) is 41.0 Å². The lowest BCUT2D eigenvalue weighted by Gasteiger charge is -2.29. The lowest BCUT2D eigenvalue weighted by atomic mass is 9.80. The van der Waals surface area contributed by atoms with Gasteiger partial charge in [-0.25, -0.2) is 9.58 Å². The summed E-state index contributed by atoms with van der Waals surface area (Å²) in [5.74, 6) is 0.211. The molecule has 0 unspecified atom stereocenters. The minimum atomic E-state index is -0.348. The van der Waals surface area contributed by atoms with Crippen LogP contribution in [-0.4, -0.2) is 45.0 Å². The topological polar surface area (TPSA) is 67.1 Å². The second-order valence-corrected chi connectivity index (χ2v) is 8.39. The van der Waals surface area contributed by atoms with Gasteiger partial charge in [-0.15, -0.1) is 0 Å². The number of carbonyl (C=O) groups is 1. The molecule has 3 heterocycles. The van der Waals surface area contributed by atoms with Crippen LogP contribution >= 0.6 is 0 Å². The predicted molar refractivity (Wildman–Crippen MR) is 113 cm³/mol. The molecule has 30 heavy (non-hydrogen) atoms. The third-order valence-corrected chi connectivity index (χ3v) is 6.49. The molecule has 0 radical (unpaired) electrons. The zero-order valence-corrected chi connectivity index (χ0v) is 17.0. The third-order valence-electron chi connectivity index (χ3n) is 6.49. The summed E-state index contributed by atoms with van der Waals surface area (Å²) in [5, 5.41) is 16.1. The van der Waals surface area contributed by atoms with Gasteiger partial charge in [0.25, 0.3) is 5.91 Å². The largest absolute Gasteiger partial charge is 0.381 e. The number of hydrogen-bond donors (Lipinski definition) is 1. The van der Waals surface area contributed by atoms with Crippen LogP contribution in [0.2, 0.25) is 0 Å². The molecule has 0 bridgehead atoms. The Morgan fingerprint density at radius 3 is 2.57 bits per heavy atom. The fourth-order valence-corrected chi connectivity index (χ4v) is 4.46. The molecule has 1 saturated carbocycles. The van der Waals surface area contributed by atoms with E-state index in [9.17, 15) is 10.0 Å². The molecule has 1 N–H and O–H groups in total. The van der Waals surface area contributed by atoms with Gasteiger partial charge in [0.2, 0.25) is 0 Å². The highest BCUT2D eigenvalue weighted by atomic mass is 16.5. The molecular weight excluding hydrogens is 378 g/mol. The van der Waals surface area contributed by atoms with Gasteiger partial charge < -0.3 is 4.74 Å². The first kappa shape index (κ1) is 19.3. The average molecular weight is 405 g/mol. The van der Waals surface area contributed by atoms with Crippen molar-refractivity contribution in [3.05, 3.63) is 71.0 Å². The van der Waals surface area contributed by atoms with E-state index in [2.05, 4.69) is 12.1 Å². The molecule has 6 nitrogen and oxygen atoms in total. The molecule has 5 rings (SSSR count). The van der Waals surface area contributed by atoms with Gasteiger partial charge in [0, 0.05) is 42.9 Å². The van der Waals surface area contributed by atoms with Crippen LogP contribution in [-0.2, 0) is 11.2 Å². The minimum Gasteiger partial charge on any atom is -0.381 e. The predicted octanol–water partition coefficient (Wildman–Crippen LogP) is 4.20. The van der Waals surface area contributed by atoms with Crippen LogP contribution < -0.4 is 0 Å². The molecule has 0 atom stereocenters. The zero-order valence-electron chi connectivity index (χ0n) is 17.0. The van der Waals surface area contributed by atoms with Crippen LogP contribution in [0.15, 0.2) is 48.7 Å². The molecule has 1 aliphatic heterocycles. The van der Waals surface area contributed by atoms with Crippen LogP contribution in [0, 0.1) is 0 Å². The first-order valence-electron chi connectivity index (χ1n) is 10.9. The maximum atomic E-state index is 12.7. The average Bonchev–Trinajstić information content (AvgIpc) is 3.10. The van der Waals surface area contributed by atoms with Crippen LogP contribution in [0.4, 0.5) is 0 Å². The van der Waals surface area contributed by atoms with Gasteiger partial charge in [-0.2, -0.15) is 5.10 Å². The van der Waals surface area contributed by atoms with E-state index in [4.69, 9.17) is 9.84 Å². The van der Waals surface area contributed by atoms with Crippen molar-refractivity contribution in [2.75, 3.05) is 13.2 Å². The molecule has 1 saturated heterocycles. The Morgan fingerprint density at radius 1 is 1.10 bits per heavy atom. The standard InChI is InChI=1S/C24H27N3O3/c28-24(27(29)20-11-14-30-15-12-20)19-9-7-17(8-10-19)16-21-22-6-1-2-13-26(22)25-23(21)18-4-3-5-18/h1-2,6-10,13,18,20,29H,3-5,11-12,14-16H2. The molecule has 1 amide bonds. The molecule has 1 aliphatic carbocycles. The summed E-state index contributed by atoms with van der Waals surface area (Å²) in [6.45, 7) is 1.16. The van der Waals surface area contributed by atoms with E-state index in [0.29, 0.717) is 37.5 Å². The first-order valence-corrected chi connectivity index (χ1v) is 10.9. The van der Waals surface area contributed by atoms with Crippen molar-refractivity contribution in [3.8, 4) is 0 Å². The lowest BCUT2D eigenvalue weighted by Crippen LogP contribution is -2.41. The summed E-state index contributed by atoms with van der Waals surface area (Å²) in [7, 11) is 0. The number of rotatable bonds is 5. The number of aromatic nitrogens is 2. The van der Waals surface area contributed by atoms with Crippen molar-refractivity contribution in [3.63, 3.8) is 0 Å². The Morgan fingerprint density at radius 2 is 1.87 bits per heavy atom. The van der Waals surface area contributed by atoms with Crippen LogP contribution in [0.3, 0.4) is 0 Å². The summed E-state index contributed by atoms with van der Waals surface area (Å²) < 4.78 is 7.30. The Labute approximate surface area is 176 Å². The quantitative estimate of drug-likeness (QED) is 0.510. The normalized spacial score (nSPS) is 17.8. The van der Waals surface area contributed by atoms with Gasteiger partial charge in [0.05, 0.1) is 17.3 Å². The van der Waals surface area contributed by atoms with E-state index >= 15 is 0 Å². The van der Waals surface area contributed by atoms with Gasteiger partial charge in [-0.3, -0.25) is 10.0 Å². The molecule has 156 valence electrons. The number of amides is 1. The fourth-order valence-electron chi connectivity index (χ4n) is 4.46. The van der Waals surface area contributed by atoms with Crippen molar-refractivity contribution in [2.45, 2.75) is 50.5 Å². The van der Waals surface area contributed by atoms with Crippen LogP contribution in [0.1, 0.15) is 65.2 Å². The highest BCUT2D eigenvalue weighted by molar-refractivity contribution is 5.93. The van der Waals surface area contributed by atoms with Gasteiger partial charge in [-0.1, -0.05) is 24.6 Å². The van der Waals surface area contributed by atoms with E-state index in [-0.39, 0.29) is 11.9 Å². The molecule has 2 fully saturated rings. The van der Waals surface area contributed by atoms with Crippen molar-refractivity contribution in [1.29, 1.82) is 0 Å². The summed E-state index contributed by atoms with van der Waals surface area (Å²) in [6.07, 6.45) is 7.83. The number of fused-ring (bicyclic) bond motifs is 1. The van der Waals surface area contributed by atoms with E-state index in [0.717, 1.165) is 22.6 Å². The highest BCUT2D eigenvalue weighted by Crippen LogP contribution is 2.39. The van der Waals surface area contributed by atoms with Gasteiger partial charge in [0.15, 0.2) is 0 Å². The zero-order chi connectivity index (χ0) is 20.5. The van der Waals surface area contributed by atoms with Crippen molar-refractivity contribution < 1.29 is 14.7 Å². The Balaban J connectivity index is 1.36. The number of hydroxylamine groups is 2. The van der Waals surface area contributed by atoms with Gasteiger partial charge >= 0.3 is 0 Å². The molecule has 3 aromatic rings. The summed E-state index contributed by atoms with van der Waals surface area (Å²) >= 11 is 0. The Kier molecular flexibility index (Phi) is 5.27. The Bertz CT molecular complexity index is 1030. The Hall–Kier alpha value is -2.70. The van der Waals surface area contributed by atoms with Crippen LogP contribution in [0.5, 0.6) is 0 Å². The summed E-state index contributed by atoms with van der Waals surface area (Å²) in [6, 6.07) is 13.6. The van der Waals surface area contributed by atoms with Crippen LogP contribution in [0.25, 0.3) is 5.52 Å². The minimum absolute atomic E-state index is 0.172. The summed E-state index contributed by atoms with van der Waals surface area (Å²) in [4.78, 5) is 12.7. The molecule has 2 aromatic heterocycles. The van der Waals surface area contributed by atoms with Crippen molar-refractivity contribution in [1.82, 2.24) is 14.7 Å². The van der Waals surface area contributed by atoms with Crippen molar-refractivity contribution >= 4 is 11.4 Å². The number of nitrogens with zero attached hydrogens (tertiary/aromatic N) is 3. The molecule has 1 aromatic carbocycles. The molecular formula is C24H27N3O3. The lowest BCUT2D eigenvalue weighted by molar-refractivity contribution is -0.112. The first-order chi connectivity index (χ1) is 14.7. The molecule has 0 spiro atoms. The van der Waals surface area contributed by atoms with Crippen molar-refractivity contribution in [2.24, 2.45) is 0 Å². The van der Waals surface area contributed by atoms with E-state index < -0.39 is 0 Å². The second-order valence-electron chi connectivity index (χ2n) is 8.39. The fraction of sp³-hybridized carbons (Fsp3) is 0.417. The summed E-state index contributed by atoms with van der Waals surface area (Å²) in [5.41, 5.74) is 5.30. The third kappa shape index (κ3) is 3.61. The molecule has 6 heteroatoms. The maximum absolute atomic E-state index is 12.7. The number of carbonyl (C=O) groups excluding carboxylic acids is 1. The highest BCUT2D eigenvalue weighted by Gasteiger charge is 2.27. The maximum Gasteiger partial charge on any atom is 0.277 e. The monoisotopic (exact) mass is 405 g/mol. The number of ether oxygens (including phenoxy) is 1. The van der Waals surface area contributed by atoms with Gasteiger partial charge in [0.1, 0.15) is 0 Å². The van der Waals surface area contributed by atoms with E-state index in [1.54, 1.807) is 0 Å². The van der Waals surface area contributed by atoms with E-state index in [1.165, 1.54) is 30.5 Å². The number of pyridine rings is 1.